The summed E-state index contributed by atoms with van der Waals surface area (Å²) in [4.78, 5) is 19.0. The van der Waals surface area contributed by atoms with Crippen molar-refractivity contribution in [2.75, 3.05) is 26.5 Å². The Hall–Kier alpha value is -2.21. The number of rotatable bonds is 4. The number of benzene rings is 1. The van der Waals surface area contributed by atoms with Crippen LogP contribution in [-0.4, -0.2) is 42.3 Å². The standard InChI is InChI=1S/C17H18N2O3S/c1-21-14-8-13(9-15(10-14)22-2)16(20)19-6-7-23-17(19)12-4-3-5-18-11-12/h3-5,8-11,17H,6-7H2,1-2H3/t17-/m0/s1. The van der Waals surface area contributed by atoms with Crippen molar-refractivity contribution in [3.63, 3.8) is 0 Å². The van der Waals surface area contributed by atoms with Crippen LogP contribution >= 0.6 is 11.8 Å². The zero-order valence-electron chi connectivity index (χ0n) is 13.1. The van der Waals surface area contributed by atoms with E-state index >= 15 is 0 Å². The molecule has 0 saturated carbocycles. The Morgan fingerprint density at radius 1 is 1.26 bits per heavy atom. The first kappa shape index (κ1) is 15.7. The summed E-state index contributed by atoms with van der Waals surface area (Å²) in [6.45, 7) is 0.711. The van der Waals surface area contributed by atoms with Crippen LogP contribution in [0, 0.1) is 0 Å². The fourth-order valence-electron chi connectivity index (χ4n) is 2.57. The summed E-state index contributed by atoms with van der Waals surface area (Å²) >= 11 is 1.75. The highest BCUT2D eigenvalue weighted by Crippen LogP contribution is 2.38. The molecule has 1 aliphatic heterocycles. The van der Waals surface area contributed by atoms with E-state index in [1.54, 1.807) is 50.4 Å². The van der Waals surface area contributed by atoms with Gasteiger partial charge in [0.25, 0.3) is 5.91 Å². The van der Waals surface area contributed by atoms with E-state index in [-0.39, 0.29) is 11.3 Å². The molecule has 1 atom stereocenters. The van der Waals surface area contributed by atoms with Gasteiger partial charge in [0.2, 0.25) is 0 Å². The minimum Gasteiger partial charge on any atom is -0.497 e. The third-order valence-electron chi connectivity index (χ3n) is 3.72. The van der Waals surface area contributed by atoms with Gasteiger partial charge in [-0.15, -0.1) is 11.8 Å². The predicted octanol–water partition coefficient (Wildman–Crippen LogP) is 2.99. The largest absolute Gasteiger partial charge is 0.497 e. The molecule has 6 heteroatoms. The summed E-state index contributed by atoms with van der Waals surface area (Å²) in [7, 11) is 3.15. The third-order valence-corrected chi connectivity index (χ3v) is 4.98. The molecular formula is C17H18N2O3S. The van der Waals surface area contributed by atoms with E-state index in [1.165, 1.54) is 0 Å². The van der Waals surface area contributed by atoms with E-state index in [0.717, 1.165) is 11.3 Å². The molecule has 0 spiro atoms. The van der Waals surface area contributed by atoms with Gasteiger partial charge in [0.15, 0.2) is 0 Å². The van der Waals surface area contributed by atoms with Gasteiger partial charge in [-0.05, 0) is 18.2 Å². The molecule has 1 aliphatic rings. The highest BCUT2D eigenvalue weighted by molar-refractivity contribution is 7.99. The molecule has 120 valence electrons. The second-order valence-corrected chi connectivity index (χ2v) is 6.30. The summed E-state index contributed by atoms with van der Waals surface area (Å²) in [6.07, 6.45) is 3.55. The average molecular weight is 330 g/mol. The number of thioether (sulfide) groups is 1. The summed E-state index contributed by atoms with van der Waals surface area (Å²) in [5, 5.41) is -0.00611. The van der Waals surface area contributed by atoms with Crippen LogP contribution in [0.2, 0.25) is 0 Å². The Labute approximate surface area is 139 Å². The van der Waals surface area contributed by atoms with Gasteiger partial charge in [-0.1, -0.05) is 6.07 Å². The number of carbonyl (C=O) groups excluding carboxylic acids is 1. The van der Waals surface area contributed by atoms with Crippen molar-refractivity contribution in [1.82, 2.24) is 9.88 Å². The number of nitrogens with zero attached hydrogens (tertiary/aromatic N) is 2. The molecule has 1 aromatic carbocycles. The van der Waals surface area contributed by atoms with Crippen LogP contribution in [0.3, 0.4) is 0 Å². The van der Waals surface area contributed by atoms with E-state index < -0.39 is 0 Å². The Morgan fingerprint density at radius 2 is 2.00 bits per heavy atom. The summed E-state index contributed by atoms with van der Waals surface area (Å²) in [5.41, 5.74) is 1.61. The number of methoxy groups -OCH3 is 2. The van der Waals surface area contributed by atoms with E-state index in [0.29, 0.717) is 23.6 Å². The van der Waals surface area contributed by atoms with E-state index in [9.17, 15) is 4.79 Å². The maximum Gasteiger partial charge on any atom is 0.255 e. The Morgan fingerprint density at radius 3 is 2.61 bits per heavy atom. The molecule has 1 saturated heterocycles. The van der Waals surface area contributed by atoms with E-state index in [2.05, 4.69) is 4.98 Å². The second kappa shape index (κ2) is 6.91. The lowest BCUT2D eigenvalue weighted by Crippen LogP contribution is -2.30. The zero-order chi connectivity index (χ0) is 16.2. The third kappa shape index (κ3) is 3.27. The first-order chi connectivity index (χ1) is 11.2. The number of ether oxygens (including phenoxy) is 2. The van der Waals surface area contributed by atoms with Crippen molar-refractivity contribution >= 4 is 17.7 Å². The monoisotopic (exact) mass is 330 g/mol. The molecule has 2 heterocycles. The number of hydrogen-bond donors (Lipinski definition) is 0. The summed E-state index contributed by atoms with van der Waals surface area (Å²) in [6, 6.07) is 9.14. The van der Waals surface area contributed by atoms with E-state index in [1.807, 2.05) is 23.2 Å². The fraction of sp³-hybridized carbons (Fsp3) is 0.294. The average Bonchev–Trinajstić information content (AvgIpc) is 3.11. The van der Waals surface area contributed by atoms with Crippen LogP contribution in [0.4, 0.5) is 0 Å². The van der Waals surface area contributed by atoms with Crippen LogP contribution in [0.1, 0.15) is 21.3 Å². The van der Waals surface area contributed by atoms with Crippen molar-refractivity contribution in [2.24, 2.45) is 0 Å². The lowest BCUT2D eigenvalue weighted by molar-refractivity contribution is 0.0759. The molecule has 3 rings (SSSR count). The predicted molar refractivity (Wildman–Crippen MR) is 90.0 cm³/mol. The highest BCUT2D eigenvalue weighted by atomic mass is 32.2. The molecule has 23 heavy (non-hydrogen) atoms. The minimum atomic E-state index is -0.0268. The molecule has 1 aromatic heterocycles. The maximum atomic E-state index is 12.9. The lowest BCUT2D eigenvalue weighted by atomic mass is 10.1. The topological polar surface area (TPSA) is 51.7 Å². The maximum absolute atomic E-state index is 12.9. The van der Waals surface area contributed by atoms with Crippen molar-refractivity contribution < 1.29 is 14.3 Å². The van der Waals surface area contributed by atoms with Gasteiger partial charge in [-0.2, -0.15) is 0 Å². The van der Waals surface area contributed by atoms with Gasteiger partial charge in [0, 0.05) is 41.9 Å². The zero-order valence-corrected chi connectivity index (χ0v) is 13.9. The number of hydrogen-bond acceptors (Lipinski definition) is 5. The number of carbonyl (C=O) groups is 1. The molecule has 0 aliphatic carbocycles. The van der Waals surface area contributed by atoms with Gasteiger partial charge in [0.05, 0.1) is 14.2 Å². The molecule has 2 aromatic rings. The van der Waals surface area contributed by atoms with Crippen LogP contribution in [-0.2, 0) is 0 Å². The molecule has 5 nitrogen and oxygen atoms in total. The molecule has 0 radical (unpaired) electrons. The Kier molecular flexibility index (Phi) is 4.71. The second-order valence-electron chi connectivity index (χ2n) is 5.11. The van der Waals surface area contributed by atoms with Gasteiger partial charge in [-0.25, -0.2) is 0 Å². The fourth-order valence-corrected chi connectivity index (χ4v) is 3.81. The van der Waals surface area contributed by atoms with Gasteiger partial charge in [0.1, 0.15) is 16.9 Å². The highest BCUT2D eigenvalue weighted by Gasteiger charge is 2.31. The van der Waals surface area contributed by atoms with Crippen LogP contribution in [0.5, 0.6) is 11.5 Å². The van der Waals surface area contributed by atoms with Gasteiger partial charge < -0.3 is 14.4 Å². The number of pyridine rings is 1. The SMILES string of the molecule is COc1cc(OC)cc(C(=O)N2CCS[C@H]2c2cccnc2)c1. The Balaban J connectivity index is 1.90. The van der Waals surface area contributed by atoms with Crippen LogP contribution < -0.4 is 9.47 Å². The molecular weight excluding hydrogens is 312 g/mol. The molecule has 1 fully saturated rings. The first-order valence-corrected chi connectivity index (χ1v) is 8.33. The molecule has 1 amide bonds. The minimum absolute atomic E-state index is 0.00611. The van der Waals surface area contributed by atoms with Crippen molar-refractivity contribution in [3.05, 3.63) is 53.9 Å². The van der Waals surface area contributed by atoms with Crippen LogP contribution in [0.15, 0.2) is 42.7 Å². The molecule has 0 bridgehead atoms. The van der Waals surface area contributed by atoms with Crippen molar-refractivity contribution in [3.8, 4) is 11.5 Å². The number of amides is 1. The number of aromatic nitrogens is 1. The Bertz CT molecular complexity index is 671. The van der Waals surface area contributed by atoms with Crippen molar-refractivity contribution in [1.29, 1.82) is 0 Å². The van der Waals surface area contributed by atoms with Crippen molar-refractivity contribution in [2.45, 2.75) is 5.37 Å². The normalized spacial score (nSPS) is 17.1. The quantitative estimate of drug-likeness (QED) is 0.862. The van der Waals surface area contributed by atoms with Gasteiger partial charge >= 0.3 is 0 Å². The lowest BCUT2D eigenvalue weighted by Gasteiger charge is -2.24. The smallest absolute Gasteiger partial charge is 0.255 e. The summed E-state index contributed by atoms with van der Waals surface area (Å²) in [5.74, 6) is 2.10. The van der Waals surface area contributed by atoms with Gasteiger partial charge in [-0.3, -0.25) is 9.78 Å². The molecule has 0 N–H and O–H groups in total. The van der Waals surface area contributed by atoms with Crippen LogP contribution in [0.25, 0.3) is 0 Å². The van der Waals surface area contributed by atoms with E-state index in [4.69, 9.17) is 9.47 Å². The summed E-state index contributed by atoms with van der Waals surface area (Å²) < 4.78 is 10.5. The molecule has 0 unspecified atom stereocenters. The first-order valence-electron chi connectivity index (χ1n) is 7.28.